The van der Waals surface area contributed by atoms with Crippen molar-refractivity contribution < 1.29 is 14.2 Å². The lowest BCUT2D eigenvalue weighted by atomic mass is 10.2. The number of morpholine rings is 1. The Morgan fingerprint density at radius 3 is 2.68 bits per heavy atom. The first kappa shape index (κ1) is 22.7. The highest BCUT2D eigenvalue weighted by Crippen LogP contribution is 2.26. The molecule has 1 aliphatic rings. The molecule has 8 heteroatoms. The van der Waals surface area contributed by atoms with Crippen LogP contribution in [0.1, 0.15) is 19.4 Å². The van der Waals surface area contributed by atoms with Crippen LogP contribution in [0.3, 0.4) is 0 Å². The SMILES string of the molecule is CCNC(=NCc1cccnc1N1CCOCC1)NCC(C)Oc1ccccc1OC. The van der Waals surface area contributed by atoms with Crippen molar-refractivity contribution >= 4 is 11.8 Å². The standard InChI is InChI=1S/C23H33N5O3/c1-4-24-23(26-16-18(2)31-21-10-6-5-9-20(21)29-3)27-17-19-8-7-11-25-22(19)28-12-14-30-15-13-28/h5-11,18H,4,12-17H2,1-3H3,(H2,24,26,27). The third-order valence-corrected chi connectivity index (χ3v) is 4.88. The van der Waals surface area contributed by atoms with Gasteiger partial charge in [-0.25, -0.2) is 9.98 Å². The molecule has 31 heavy (non-hydrogen) atoms. The second kappa shape index (κ2) is 12.0. The molecule has 1 aliphatic heterocycles. The van der Waals surface area contributed by atoms with Crippen LogP contribution >= 0.6 is 0 Å². The van der Waals surface area contributed by atoms with Crippen molar-refractivity contribution in [3.63, 3.8) is 0 Å². The van der Waals surface area contributed by atoms with Crippen LogP contribution in [-0.4, -0.2) is 63.6 Å². The molecule has 3 rings (SSSR count). The molecule has 0 saturated carbocycles. The zero-order chi connectivity index (χ0) is 21.9. The number of aliphatic imine (C=N–C) groups is 1. The number of aromatic nitrogens is 1. The summed E-state index contributed by atoms with van der Waals surface area (Å²) in [4.78, 5) is 11.6. The van der Waals surface area contributed by atoms with Crippen LogP contribution < -0.4 is 25.0 Å². The number of nitrogens with zero attached hydrogens (tertiary/aromatic N) is 3. The number of nitrogens with one attached hydrogen (secondary N) is 2. The van der Waals surface area contributed by atoms with Gasteiger partial charge in [-0.15, -0.1) is 0 Å². The smallest absolute Gasteiger partial charge is 0.191 e. The van der Waals surface area contributed by atoms with Crippen LogP contribution in [0.4, 0.5) is 5.82 Å². The topological polar surface area (TPSA) is 80.2 Å². The molecule has 0 amide bonds. The van der Waals surface area contributed by atoms with Crippen LogP contribution in [0.25, 0.3) is 0 Å². The summed E-state index contributed by atoms with van der Waals surface area (Å²) in [5, 5.41) is 6.66. The Morgan fingerprint density at radius 2 is 1.94 bits per heavy atom. The molecule has 2 N–H and O–H groups in total. The van der Waals surface area contributed by atoms with Gasteiger partial charge in [-0.05, 0) is 32.0 Å². The predicted molar refractivity (Wildman–Crippen MR) is 123 cm³/mol. The molecule has 1 saturated heterocycles. The molecule has 0 spiro atoms. The molecular weight excluding hydrogens is 394 g/mol. The predicted octanol–water partition coefficient (Wildman–Crippen LogP) is 2.45. The maximum absolute atomic E-state index is 6.03. The van der Waals surface area contributed by atoms with Gasteiger partial charge >= 0.3 is 0 Å². The van der Waals surface area contributed by atoms with Crippen LogP contribution in [-0.2, 0) is 11.3 Å². The molecule has 2 aromatic rings. The summed E-state index contributed by atoms with van der Waals surface area (Å²) in [6.45, 7) is 9.15. The summed E-state index contributed by atoms with van der Waals surface area (Å²) in [5.74, 6) is 3.18. The summed E-state index contributed by atoms with van der Waals surface area (Å²) in [6.07, 6.45) is 1.76. The van der Waals surface area contributed by atoms with Gasteiger partial charge in [0.2, 0.25) is 0 Å². The Balaban J connectivity index is 1.60. The molecule has 168 valence electrons. The molecule has 0 bridgehead atoms. The van der Waals surface area contributed by atoms with Gasteiger partial charge in [-0.1, -0.05) is 18.2 Å². The van der Waals surface area contributed by atoms with Gasteiger partial charge in [0.1, 0.15) is 11.9 Å². The van der Waals surface area contributed by atoms with E-state index in [0.29, 0.717) is 13.1 Å². The first-order chi connectivity index (χ1) is 15.2. The molecule has 2 heterocycles. The minimum absolute atomic E-state index is 0.0672. The number of para-hydroxylation sites is 2. The summed E-state index contributed by atoms with van der Waals surface area (Å²) in [7, 11) is 1.64. The highest BCUT2D eigenvalue weighted by molar-refractivity contribution is 5.79. The largest absolute Gasteiger partial charge is 0.493 e. The second-order valence-corrected chi connectivity index (χ2v) is 7.24. The van der Waals surface area contributed by atoms with E-state index in [0.717, 1.165) is 61.7 Å². The molecule has 0 aliphatic carbocycles. The van der Waals surface area contributed by atoms with E-state index in [9.17, 15) is 0 Å². The summed E-state index contributed by atoms with van der Waals surface area (Å²) < 4.78 is 16.9. The van der Waals surface area contributed by atoms with Crippen molar-refractivity contribution in [2.45, 2.75) is 26.5 Å². The number of ether oxygens (including phenoxy) is 3. The lowest BCUT2D eigenvalue weighted by molar-refractivity contribution is 0.122. The maximum Gasteiger partial charge on any atom is 0.191 e. The van der Waals surface area contributed by atoms with E-state index >= 15 is 0 Å². The lowest BCUT2D eigenvalue weighted by Crippen LogP contribution is -2.42. The van der Waals surface area contributed by atoms with Gasteiger partial charge in [0.05, 0.1) is 33.4 Å². The van der Waals surface area contributed by atoms with Crippen molar-refractivity contribution in [1.29, 1.82) is 0 Å². The average Bonchev–Trinajstić information content (AvgIpc) is 2.82. The Bertz CT molecular complexity index is 839. The molecule has 1 fully saturated rings. The Kier molecular flexibility index (Phi) is 8.78. The van der Waals surface area contributed by atoms with Crippen molar-refractivity contribution in [3.8, 4) is 11.5 Å². The van der Waals surface area contributed by atoms with E-state index in [1.54, 1.807) is 7.11 Å². The fraction of sp³-hybridized carbons (Fsp3) is 0.478. The minimum atomic E-state index is -0.0672. The monoisotopic (exact) mass is 427 g/mol. The fourth-order valence-corrected chi connectivity index (χ4v) is 3.33. The lowest BCUT2D eigenvalue weighted by Gasteiger charge is -2.29. The van der Waals surface area contributed by atoms with Gasteiger partial charge in [-0.2, -0.15) is 0 Å². The summed E-state index contributed by atoms with van der Waals surface area (Å²) in [5.41, 5.74) is 1.10. The maximum atomic E-state index is 6.03. The quantitative estimate of drug-likeness (QED) is 0.470. The van der Waals surface area contributed by atoms with Gasteiger partial charge in [0, 0.05) is 31.4 Å². The van der Waals surface area contributed by atoms with Crippen LogP contribution in [0.2, 0.25) is 0 Å². The number of benzene rings is 1. The Hall–Kier alpha value is -3.00. The molecule has 8 nitrogen and oxygen atoms in total. The fourth-order valence-electron chi connectivity index (χ4n) is 3.33. The van der Waals surface area contributed by atoms with Crippen LogP contribution in [0, 0.1) is 0 Å². The van der Waals surface area contributed by atoms with E-state index in [4.69, 9.17) is 19.2 Å². The Labute approximate surface area is 184 Å². The number of guanidine groups is 1. The van der Waals surface area contributed by atoms with Crippen LogP contribution in [0.5, 0.6) is 11.5 Å². The first-order valence-corrected chi connectivity index (χ1v) is 10.8. The van der Waals surface area contributed by atoms with Gasteiger partial charge < -0.3 is 29.7 Å². The van der Waals surface area contributed by atoms with Gasteiger partial charge in [-0.3, -0.25) is 0 Å². The zero-order valence-corrected chi connectivity index (χ0v) is 18.6. The van der Waals surface area contributed by atoms with E-state index in [1.165, 1.54) is 0 Å². The number of rotatable bonds is 9. The molecule has 1 aromatic carbocycles. The van der Waals surface area contributed by atoms with Crippen molar-refractivity contribution in [2.24, 2.45) is 4.99 Å². The Morgan fingerprint density at radius 1 is 1.16 bits per heavy atom. The van der Waals surface area contributed by atoms with Crippen LogP contribution in [0.15, 0.2) is 47.6 Å². The van der Waals surface area contributed by atoms with E-state index in [2.05, 4.69) is 33.5 Å². The third kappa shape index (κ3) is 6.75. The number of methoxy groups -OCH3 is 1. The second-order valence-electron chi connectivity index (χ2n) is 7.24. The highest BCUT2D eigenvalue weighted by atomic mass is 16.5. The molecule has 1 atom stereocenters. The molecule has 1 unspecified atom stereocenters. The molecule has 0 radical (unpaired) electrons. The van der Waals surface area contributed by atoms with E-state index < -0.39 is 0 Å². The number of hydrogen-bond acceptors (Lipinski definition) is 6. The van der Waals surface area contributed by atoms with Crippen molar-refractivity contribution in [3.05, 3.63) is 48.2 Å². The zero-order valence-electron chi connectivity index (χ0n) is 18.6. The summed E-state index contributed by atoms with van der Waals surface area (Å²) in [6, 6.07) is 11.7. The van der Waals surface area contributed by atoms with E-state index in [-0.39, 0.29) is 6.10 Å². The average molecular weight is 428 g/mol. The third-order valence-electron chi connectivity index (χ3n) is 4.88. The van der Waals surface area contributed by atoms with Crippen molar-refractivity contribution in [1.82, 2.24) is 15.6 Å². The molecular formula is C23H33N5O3. The van der Waals surface area contributed by atoms with E-state index in [1.807, 2.05) is 43.5 Å². The van der Waals surface area contributed by atoms with Gasteiger partial charge in [0.25, 0.3) is 0 Å². The number of hydrogen-bond donors (Lipinski definition) is 2. The first-order valence-electron chi connectivity index (χ1n) is 10.8. The minimum Gasteiger partial charge on any atom is -0.493 e. The van der Waals surface area contributed by atoms with Gasteiger partial charge in [0.15, 0.2) is 17.5 Å². The number of anilines is 1. The normalized spacial score (nSPS) is 15.3. The number of pyridine rings is 1. The molecule has 1 aromatic heterocycles. The summed E-state index contributed by atoms with van der Waals surface area (Å²) >= 11 is 0. The van der Waals surface area contributed by atoms with Crippen molar-refractivity contribution in [2.75, 3.05) is 51.4 Å². The highest BCUT2D eigenvalue weighted by Gasteiger charge is 2.16.